The molecule has 0 saturated carbocycles. The predicted octanol–water partition coefficient (Wildman–Crippen LogP) is 1.53. The van der Waals surface area contributed by atoms with Crippen molar-refractivity contribution >= 4 is 22.0 Å². The van der Waals surface area contributed by atoms with Gasteiger partial charge in [0.15, 0.2) is 0 Å². The summed E-state index contributed by atoms with van der Waals surface area (Å²) in [6, 6.07) is 8.13. The number of hydrogen-bond acceptors (Lipinski definition) is 7. The molecule has 0 heterocycles. The summed E-state index contributed by atoms with van der Waals surface area (Å²) in [7, 11) is -4.35. The quantitative estimate of drug-likeness (QED) is 0.132. The van der Waals surface area contributed by atoms with Crippen LogP contribution in [0.5, 0.6) is 11.5 Å². The second-order valence-electron chi connectivity index (χ2n) is 6.93. The number of aliphatic carboxylic acids is 1. The second-order valence-corrected chi connectivity index (χ2v) is 8.64. The van der Waals surface area contributed by atoms with Gasteiger partial charge in [-0.05, 0) is 53.5 Å². The minimum absolute atomic E-state index is 0.197. The van der Waals surface area contributed by atoms with Crippen LogP contribution < -0.4 is 25.7 Å². The van der Waals surface area contributed by atoms with Gasteiger partial charge in [0, 0.05) is 6.42 Å². The van der Waals surface area contributed by atoms with Gasteiger partial charge in [-0.15, -0.1) is 13.2 Å². The first kappa shape index (κ1) is 27.5. The van der Waals surface area contributed by atoms with E-state index in [0.29, 0.717) is 24.3 Å². The number of hydrogen-bond donors (Lipinski definition) is 4. The average Bonchev–Trinajstić information content (AvgIpc) is 2.75. The molecule has 0 unspecified atom stereocenters. The Bertz CT molecular complexity index is 1110. The minimum Gasteiger partial charge on any atom is -0.493 e. The standard InChI is InChI=1S/C20H23F3N4O7S/c21-20(22,23)34-15-6-8-16(9-7-15)35(30,31)27-17(18(28)29)12-13-2-4-14(5-3-13)32-10-1-11-33-26-19(24)25/h2-9,17,27H,1,10-12H2,(H,28,29)(H4,24,25,26)/t17-/m0/s1. The third-order valence-corrected chi connectivity index (χ3v) is 5.63. The SMILES string of the molecule is NC(N)=NOCCCOc1ccc(C[C@H](NS(=O)(=O)c2ccc(OC(F)(F)F)cc2)C(=O)O)cc1. The van der Waals surface area contributed by atoms with Gasteiger partial charge < -0.3 is 30.9 Å². The molecule has 0 aromatic heterocycles. The Balaban J connectivity index is 1.95. The molecule has 15 heteroatoms. The minimum atomic E-state index is -4.93. The molecule has 2 rings (SSSR count). The number of alkyl halides is 3. The highest BCUT2D eigenvalue weighted by Gasteiger charge is 2.31. The van der Waals surface area contributed by atoms with E-state index in [-0.39, 0.29) is 19.0 Å². The molecule has 0 spiro atoms. The van der Waals surface area contributed by atoms with Gasteiger partial charge in [0.2, 0.25) is 16.0 Å². The summed E-state index contributed by atoms with van der Waals surface area (Å²) in [6.07, 6.45) is -4.64. The van der Waals surface area contributed by atoms with E-state index in [2.05, 4.69) is 9.89 Å². The zero-order valence-electron chi connectivity index (χ0n) is 18.1. The Morgan fingerprint density at radius 1 is 1.03 bits per heavy atom. The van der Waals surface area contributed by atoms with Crippen molar-refractivity contribution < 1.29 is 45.8 Å². The molecule has 1 atom stereocenters. The zero-order valence-corrected chi connectivity index (χ0v) is 18.9. The number of rotatable bonds is 13. The fourth-order valence-corrected chi connectivity index (χ4v) is 3.84. The Labute approximate surface area is 198 Å². The van der Waals surface area contributed by atoms with Crippen molar-refractivity contribution in [2.45, 2.75) is 30.1 Å². The second kappa shape index (κ2) is 12.1. The van der Waals surface area contributed by atoms with Crippen molar-refractivity contribution in [1.29, 1.82) is 0 Å². The van der Waals surface area contributed by atoms with Gasteiger partial charge in [0.25, 0.3) is 0 Å². The summed E-state index contributed by atoms with van der Waals surface area (Å²) in [5, 5.41) is 12.8. The number of sulfonamides is 1. The van der Waals surface area contributed by atoms with Crippen LogP contribution in [-0.2, 0) is 26.1 Å². The van der Waals surface area contributed by atoms with Crippen LogP contribution >= 0.6 is 0 Å². The van der Waals surface area contributed by atoms with Crippen LogP contribution in [0.15, 0.2) is 58.6 Å². The Morgan fingerprint density at radius 3 is 2.17 bits per heavy atom. The number of halogens is 3. The van der Waals surface area contributed by atoms with Gasteiger partial charge in [0.1, 0.15) is 24.1 Å². The van der Waals surface area contributed by atoms with Crippen LogP contribution in [0, 0.1) is 0 Å². The van der Waals surface area contributed by atoms with Gasteiger partial charge in [-0.1, -0.05) is 12.1 Å². The summed E-state index contributed by atoms with van der Waals surface area (Å²) in [4.78, 5) is 16.0. The number of carbonyl (C=O) groups is 1. The van der Waals surface area contributed by atoms with Crippen LogP contribution in [0.4, 0.5) is 13.2 Å². The molecule has 2 aromatic carbocycles. The highest BCUT2D eigenvalue weighted by molar-refractivity contribution is 7.89. The van der Waals surface area contributed by atoms with Crippen molar-refractivity contribution in [3.05, 3.63) is 54.1 Å². The summed E-state index contributed by atoms with van der Waals surface area (Å²) < 4.78 is 73.1. The van der Waals surface area contributed by atoms with Crippen LogP contribution in [0.3, 0.4) is 0 Å². The fourth-order valence-electron chi connectivity index (χ4n) is 2.65. The van der Waals surface area contributed by atoms with Crippen LogP contribution in [0.25, 0.3) is 0 Å². The van der Waals surface area contributed by atoms with Crippen molar-refractivity contribution in [2.75, 3.05) is 13.2 Å². The topological polar surface area (TPSA) is 176 Å². The van der Waals surface area contributed by atoms with E-state index in [0.717, 1.165) is 24.3 Å². The number of guanidine groups is 1. The number of oxime groups is 1. The molecule has 0 aliphatic carbocycles. The van der Waals surface area contributed by atoms with E-state index in [9.17, 15) is 31.5 Å². The molecule has 0 amide bonds. The smallest absolute Gasteiger partial charge is 0.493 e. The highest BCUT2D eigenvalue weighted by atomic mass is 32.2. The Kier molecular flexibility index (Phi) is 9.53. The Hall–Kier alpha value is -3.72. The maximum atomic E-state index is 12.5. The van der Waals surface area contributed by atoms with Crippen molar-refractivity contribution in [1.82, 2.24) is 4.72 Å². The van der Waals surface area contributed by atoms with Gasteiger partial charge in [-0.3, -0.25) is 4.79 Å². The van der Waals surface area contributed by atoms with E-state index in [4.69, 9.17) is 21.0 Å². The summed E-state index contributed by atoms with van der Waals surface area (Å²) in [5.41, 5.74) is 10.7. The first-order valence-corrected chi connectivity index (χ1v) is 11.4. The van der Waals surface area contributed by atoms with Gasteiger partial charge in [0.05, 0.1) is 11.5 Å². The number of carboxylic acids is 1. The molecule has 35 heavy (non-hydrogen) atoms. The molecular formula is C20H23F3N4O7S. The molecule has 0 saturated heterocycles. The number of benzene rings is 2. The van der Waals surface area contributed by atoms with Gasteiger partial charge in [-0.25, -0.2) is 8.42 Å². The van der Waals surface area contributed by atoms with E-state index in [1.165, 1.54) is 0 Å². The molecule has 2 aromatic rings. The van der Waals surface area contributed by atoms with Crippen molar-refractivity contribution in [3.63, 3.8) is 0 Å². The zero-order chi connectivity index (χ0) is 26.1. The molecule has 0 bridgehead atoms. The molecule has 0 fully saturated rings. The summed E-state index contributed by atoms with van der Waals surface area (Å²) in [6.45, 7) is 0.526. The first-order chi connectivity index (χ1) is 16.4. The van der Waals surface area contributed by atoms with Gasteiger partial charge >= 0.3 is 12.3 Å². The molecule has 0 radical (unpaired) electrons. The largest absolute Gasteiger partial charge is 0.573 e. The highest BCUT2D eigenvalue weighted by Crippen LogP contribution is 2.24. The maximum absolute atomic E-state index is 12.5. The van der Waals surface area contributed by atoms with E-state index in [1.807, 2.05) is 4.72 Å². The molecule has 0 aliphatic heterocycles. The van der Waals surface area contributed by atoms with Gasteiger partial charge in [-0.2, -0.15) is 4.72 Å². The van der Waals surface area contributed by atoms with Crippen LogP contribution in [0.1, 0.15) is 12.0 Å². The summed E-state index contributed by atoms with van der Waals surface area (Å²) in [5.74, 6) is -1.76. The van der Waals surface area contributed by atoms with E-state index >= 15 is 0 Å². The number of nitrogens with zero attached hydrogens (tertiary/aromatic N) is 1. The molecular weight excluding hydrogens is 497 g/mol. The Morgan fingerprint density at radius 2 is 1.63 bits per heavy atom. The third-order valence-electron chi connectivity index (χ3n) is 4.14. The monoisotopic (exact) mass is 520 g/mol. The predicted molar refractivity (Wildman–Crippen MR) is 117 cm³/mol. The summed E-state index contributed by atoms with van der Waals surface area (Å²) >= 11 is 0. The molecule has 0 aliphatic rings. The average molecular weight is 520 g/mol. The lowest BCUT2D eigenvalue weighted by atomic mass is 10.1. The third kappa shape index (κ3) is 9.97. The van der Waals surface area contributed by atoms with E-state index < -0.39 is 39.0 Å². The van der Waals surface area contributed by atoms with Crippen LogP contribution in [-0.4, -0.2) is 51.1 Å². The molecule has 11 nitrogen and oxygen atoms in total. The number of nitrogens with one attached hydrogen (secondary N) is 1. The van der Waals surface area contributed by atoms with Crippen molar-refractivity contribution in [2.24, 2.45) is 16.6 Å². The lowest BCUT2D eigenvalue weighted by molar-refractivity contribution is -0.274. The fraction of sp³-hybridized carbons (Fsp3) is 0.300. The number of carboxylic acid groups (broad SMARTS) is 1. The first-order valence-electron chi connectivity index (χ1n) is 9.89. The number of nitrogens with two attached hydrogens (primary N) is 2. The van der Waals surface area contributed by atoms with E-state index in [1.54, 1.807) is 24.3 Å². The lowest BCUT2D eigenvalue weighted by Gasteiger charge is -2.16. The molecule has 192 valence electrons. The maximum Gasteiger partial charge on any atom is 0.573 e. The van der Waals surface area contributed by atoms with Crippen LogP contribution in [0.2, 0.25) is 0 Å². The lowest BCUT2D eigenvalue weighted by Crippen LogP contribution is -2.42. The normalized spacial score (nSPS) is 12.4. The van der Waals surface area contributed by atoms with Crippen molar-refractivity contribution in [3.8, 4) is 11.5 Å². The number of ether oxygens (including phenoxy) is 2. The molecule has 6 N–H and O–H groups in total.